The minimum atomic E-state index is 0.672. The molecule has 0 aliphatic heterocycles. The first-order chi connectivity index (χ1) is 9.54. The lowest BCUT2D eigenvalue weighted by Gasteiger charge is -2.11. The molecule has 0 saturated heterocycles. The largest absolute Gasteiger partial charge is 0.311 e. The van der Waals surface area contributed by atoms with Crippen LogP contribution >= 0.6 is 0 Å². The zero-order valence-corrected chi connectivity index (χ0v) is 13.0. The molecule has 1 heterocycles. The van der Waals surface area contributed by atoms with E-state index >= 15 is 0 Å². The highest BCUT2D eigenvalue weighted by Gasteiger charge is 2.04. The third-order valence-corrected chi connectivity index (χ3v) is 3.28. The normalized spacial score (nSPS) is 11.2. The Morgan fingerprint density at radius 1 is 1.15 bits per heavy atom. The summed E-state index contributed by atoms with van der Waals surface area (Å²) in [7, 11) is 0. The number of aromatic nitrogens is 2. The summed E-state index contributed by atoms with van der Waals surface area (Å²) in [6.45, 7) is 11.5. The number of nitrogens with one attached hydrogen (secondary N) is 1. The summed E-state index contributed by atoms with van der Waals surface area (Å²) < 4.78 is 2.08. The maximum atomic E-state index is 4.45. The lowest BCUT2D eigenvalue weighted by molar-refractivity contribution is 0.529. The maximum Gasteiger partial charge on any atom is 0.0663 e. The minimum absolute atomic E-state index is 0.672. The Morgan fingerprint density at radius 3 is 2.50 bits per heavy atom. The van der Waals surface area contributed by atoms with E-state index in [-0.39, 0.29) is 0 Å². The lowest BCUT2D eigenvalue weighted by atomic mass is 10.1. The first-order valence-corrected chi connectivity index (χ1v) is 7.33. The van der Waals surface area contributed by atoms with E-state index in [4.69, 9.17) is 0 Å². The fraction of sp³-hybridized carbons (Fsp3) is 0.471. The Kier molecular flexibility index (Phi) is 4.96. The first kappa shape index (κ1) is 14.8. The smallest absolute Gasteiger partial charge is 0.0663 e. The Hall–Kier alpha value is -1.61. The van der Waals surface area contributed by atoms with Crippen LogP contribution in [0.3, 0.4) is 0 Å². The van der Waals surface area contributed by atoms with Gasteiger partial charge in [-0.05, 0) is 37.9 Å². The number of nitrogens with zero attached hydrogens (tertiary/aromatic N) is 2. The van der Waals surface area contributed by atoms with Crippen LogP contribution < -0.4 is 5.32 Å². The summed E-state index contributed by atoms with van der Waals surface area (Å²) in [5.41, 5.74) is 5.18. The zero-order chi connectivity index (χ0) is 14.5. The zero-order valence-electron chi connectivity index (χ0n) is 13.0. The molecule has 0 fully saturated rings. The van der Waals surface area contributed by atoms with Crippen molar-refractivity contribution in [1.82, 2.24) is 15.1 Å². The number of hydrogen-bond acceptors (Lipinski definition) is 2. The Balaban J connectivity index is 2.04. The molecule has 0 unspecified atom stereocenters. The summed E-state index contributed by atoms with van der Waals surface area (Å²) in [6.07, 6.45) is 1.88. The van der Waals surface area contributed by atoms with Gasteiger partial charge in [-0.15, -0.1) is 0 Å². The number of aryl methyl sites for hydroxylation is 2. The van der Waals surface area contributed by atoms with Gasteiger partial charge in [-0.2, -0.15) is 5.10 Å². The van der Waals surface area contributed by atoms with Crippen molar-refractivity contribution in [1.29, 1.82) is 0 Å². The van der Waals surface area contributed by atoms with Gasteiger partial charge in [0.2, 0.25) is 0 Å². The quantitative estimate of drug-likeness (QED) is 0.873. The van der Waals surface area contributed by atoms with Crippen molar-refractivity contribution in [2.75, 3.05) is 6.54 Å². The second-order valence-electron chi connectivity index (χ2n) is 6.00. The number of hydrogen-bond donors (Lipinski definition) is 1. The van der Waals surface area contributed by atoms with Gasteiger partial charge < -0.3 is 5.32 Å². The molecule has 3 heteroatoms. The van der Waals surface area contributed by atoms with Gasteiger partial charge in [-0.3, -0.25) is 4.68 Å². The van der Waals surface area contributed by atoms with Crippen LogP contribution in [0.25, 0.3) is 0 Å². The van der Waals surface area contributed by atoms with Gasteiger partial charge in [-0.25, -0.2) is 0 Å². The van der Waals surface area contributed by atoms with Gasteiger partial charge in [0.05, 0.1) is 12.2 Å². The molecule has 0 spiro atoms. The molecule has 20 heavy (non-hydrogen) atoms. The van der Waals surface area contributed by atoms with Crippen molar-refractivity contribution in [3.63, 3.8) is 0 Å². The van der Waals surface area contributed by atoms with Crippen LogP contribution in [-0.4, -0.2) is 16.3 Å². The summed E-state index contributed by atoms with van der Waals surface area (Å²) in [5, 5.41) is 7.92. The van der Waals surface area contributed by atoms with Crippen molar-refractivity contribution < 1.29 is 0 Å². The average molecular weight is 271 g/mol. The second-order valence-corrected chi connectivity index (χ2v) is 6.00. The Labute approximate surface area is 122 Å². The van der Waals surface area contributed by atoms with Gasteiger partial charge in [0.15, 0.2) is 0 Å². The predicted octanol–water partition coefficient (Wildman–Crippen LogP) is 3.29. The van der Waals surface area contributed by atoms with Crippen molar-refractivity contribution in [3.8, 4) is 0 Å². The van der Waals surface area contributed by atoms with E-state index < -0.39 is 0 Å². The van der Waals surface area contributed by atoms with E-state index in [9.17, 15) is 0 Å². The SMILES string of the molecule is Cc1cc(C)cc(Cn2nccc2CNCC(C)C)c1. The van der Waals surface area contributed by atoms with Crippen LogP contribution in [0.2, 0.25) is 0 Å². The molecule has 0 bridgehead atoms. The summed E-state index contributed by atoms with van der Waals surface area (Å²) >= 11 is 0. The second kappa shape index (κ2) is 6.71. The molecule has 1 N–H and O–H groups in total. The highest BCUT2D eigenvalue weighted by atomic mass is 15.3. The molecular formula is C17H25N3. The molecule has 2 rings (SSSR count). The fourth-order valence-electron chi connectivity index (χ4n) is 2.47. The van der Waals surface area contributed by atoms with E-state index in [0.29, 0.717) is 5.92 Å². The van der Waals surface area contributed by atoms with Gasteiger partial charge >= 0.3 is 0 Å². The monoisotopic (exact) mass is 271 g/mol. The molecule has 0 atom stereocenters. The lowest BCUT2D eigenvalue weighted by Crippen LogP contribution is -2.21. The predicted molar refractivity (Wildman–Crippen MR) is 83.8 cm³/mol. The van der Waals surface area contributed by atoms with E-state index in [2.05, 4.69) is 67.1 Å². The van der Waals surface area contributed by atoms with Gasteiger partial charge in [0.1, 0.15) is 0 Å². The molecule has 0 amide bonds. The van der Waals surface area contributed by atoms with Crippen LogP contribution in [0.15, 0.2) is 30.5 Å². The summed E-state index contributed by atoms with van der Waals surface area (Å²) in [5.74, 6) is 0.672. The molecule has 1 aromatic carbocycles. The standard InChI is InChI=1S/C17H25N3/c1-13(2)10-18-11-17-5-6-19-20(17)12-16-8-14(3)7-15(4)9-16/h5-9,13,18H,10-12H2,1-4H3. The van der Waals surface area contributed by atoms with Crippen molar-refractivity contribution in [3.05, 3.63) is 52.8 Å². The molecule has 0 aliphatic rings. The highest BCUT2D eigenvalue weighted by Crippen LogP contribution is 2.11. The molecule has 0 aliphatic carbocycles. The van der Waals surface area contributed by atoms with E-state index in [0.717, 1.165) is 19.6 Å². The Bertz CT molecular complexity index is 535. The maximum absolute atomic E-state index is 4.45. The molecule has 0 radical (unpaired) electrons. The molecule has 3 nitrogen and oxygen atoms in total. The van der Waals surface area contributed by atoms with Gasteiger partial charge in [-0.1, -0.05) is 43.2 Å². The van der Waals surface area contributed by atoms with E-state index in [1.807, 2.05) is 6.20 Å². The molecule has 108 valence electrons. The number of rotatable bonds is 6. The number of benzene rings is 1. The average Bonchev–Trinajstić information content (AvgIpc) is 2.75. The van der Waals surface area contributed by atoms with Crippen molar-refractivity contribution in [2.24, 2.45) is 5.92 Å². The highest BCUT2D eigenvalue weighted by molar-refractivity contribution is 5.28. The van der Waals surface area contributed by atoms with Gasteiger partial charge in [0.25, 0.3) is 0 Å². The first-order valence-electron chi connectivity index (χ1n) is 7.33. The third-order valence-electron chi connectivity index (χ3n) is 3.28. The third kappa shape index (κ3) is 4.20. The van der Waals surface area contributed by atoms with E-state index in [1.165, 1.54) is 22.4 Å². The van der Waals surface area contributed by atoms with Crippen LogP contribution in [0.5, 0.6) is 0 Å². The molecule has 0 saturated carbocycles. The van der Waals surface area contributed by atoms with Crippen molar-refractivity contribution >= 4 is 0 Å². The van der Waals surface area contributed by atoms with E-state index in [1.54, 1.807) is 0 Å². The summed E-state index contributed by atoms with van der Waals surface area (Å²) in [4.78, 5) is 0. The topological polar surface area (TPSA) is 29.9 Å². The van der Waals surface area contributed by atoms with Crippen molar-refractivity contribution in [2.45, 2.75) is 40.8 Å². The van der Waals surface area contributed by atoms with Crippen LogP contribution in [0, 0.1) is 19.8 Å². The molecule has 1 aromatic heterocycles. The summed E-state index contributed by atoms with van der Waals surface area (Å²) in [6, 6.07) is 8.77. The minimum Gasteiger partial charge on any atom is -0.311 e. The van der Waals surface area contributed by atoms with Crippen LogP contribution in [-0.2, 0) is 13.1 Å². The fourth-order valence-corrected chi connectivity index (χ4v) is 2.47. The van der Waals surface area contributed by atoms with Crippen LogP contribution in [0.4, 0.5) is 0 Å². The molecule has 2 aromatic rings. The Morgan fingerprint density at radius 2 is 1.85 bits per heavy atom. The van der Waals surface area contributed by atoms with Gasteiger partial charge in [0, 0.05) is 12.7 Å². The van der Waals surface area contributed by atoms with Crippen LogP contribution in [0.1, 0.15) is 36.2 Å². The molecular weight excluding hydrogens is 246 g/mol.